The van der Waals surface area contributed by atoms with Crippen molar-refractivity contribution in [2.45, 2.75) is 6.43 Å². The SMILES string of the molecule is Cn1ccc(C(F)F)n1.NC(=O)c1cc(C(=O)O)ccc1C(=O)Nc1ccccc1-c1ccc(Cl)cc1. The number of nitrogens with zero attached hydrogens (tertiary/aromatic N) is 2. The number of hydrogen-bond donors (Lipinski definition) is 3. The van der Waals surface area contributed by atoms with Crippen molar-refractivity contribution in [1.29, 1.82) is 0 Å². The van der Waals surface area contributed by atoms with Crippen LogP contribution in [0.1, 0.15) is 43.2 Å². The predicted octanol–water partition coefficient (Wildman–Crippen LogP) is 5.41. The van der Waals surface area contributed by atoms with Crippen molar-refractivity contribution in [2.75, 3.05) is 5.32 Å². The number of rotatable bonds is 6. The molecule has 4 rings (SSSR count). The molecule has 0 saturated heterocycles. The quantitative estimate of drug-likeness (QED) is 0.309. The number of aromatic nitrogens is 2. The molecular weight excluding hydrogens is 506 g/mol. The van der Waals surface area contributed by atoms with Crippen molar-refractivity contribution in [3.63, 3.8) is 0 Å². The Morgan fingerprint density at radius 1 is 1.00 bits per heavy atom. The second-order valence-corrected chi connectivity index (χ2v) is 8.09. The van der Waals surface area contributed by atoms with E-state index in [2.05, 4.69) is 10.4 Å². The summed E-state index contributed by atoms with van der Waals surface area (Å²) in [5, 5.41) is 15.9. The minimum absolute atomic E-state index is 0.0107. The average Bonchev–Trinajstić information content (AvgIpc) is 3.31. The maximum absolute atomic E-state index is 12.8. The van der Waals surface area contributed by atoms with Crippen LogP contribution in [0.5, 0.6) is 0 Å². The Kier molecular flexibility index (Phi) is 8.70. The Bertz CT molecular complexity index is 1440. The number of carboxylic acid groups (broad SMARTS) is 1. The van der Waals surface area contributed by atoms with Gasteiger partial charge in [0.25, 0.3) is 12.3 Å². The van der Waals surface area contributed by atoms with Crippen LogP contribution < -0.4 is 11.1 Å². The second-order valence-electron chi connectivity index (χ2n) is 7.65. The standard InChI is InChI=1S/C21H15ClN2O4.C5H6F2N2/c22-14-8-5-12(6-9-14)15-3-1-2-4-18(15)24-20(26)16-10-7-13(21(27)28)11-17(16)19(23)25;1-9-3-2-4(8-9)5(6)7/h1-11H,(H2,23,25)(H,24,26)(H,27,28);2-3,5H,1H3. The number of para-hydroxylation sites is 1. The molecule has 1 aromatic heterocycles. The zero-order valence-electron chi connectivity index (χ0n) is 19.4. The molecule has 0 fully saturated rings. The van der Waals surface area contributed by atoms with Crippen LogP contribution in [0.3, 0.4) is 0 Å². The van der Waals surface area contributed by atoms with Crippen molar-refractivity contribution in [3.05, 3.63) is 106 Å². The van der Waals surface area contributed by atoms with Gasteiger partial charge in [0.05, 0.1) is 16.7 Å². The number of primary amides is 1. The lowest BCUT2D eigenvalue weighted by atomic mass is 10.0. The van der Waals surface area contributed by atoms with Gasteiger partial charge in [0.1, 0.15) is 5.69 Å². The third kappa shape index (κ3) is 6.98. The van der Waals surface area contributed by atoms with E-state index >= 15 is 0 Å². The maximum Gasteiger partial charge on any atom is 0.335 e. The highest BCUT2D eigenvalue weighted by Gasteiger charge is 2.19. The summed E-state index contributed by atoms with van der Waals surface area (Å²) in [5.41, 5.74) is 6.97. The number of benzene rings is 3. The van der Waals surface area contributed by atoms with Gasteiger partial charge in [-0.05, 0) is 48.0 Å². The van der Waals surface area contributed by atoms with E-state index in [9.17, 15) is 23.2 Å². The Morgan fingerprint density at radius 2 is 1.68 bits per heavy atom. The van der Waals surface area contributed by atoms with E-state index in [-0.39, 0.29) is 22.4 Å². The van der Waals surface area contributed by atoms with Crippen LogP contribution in [0.4, 0.5) is 14.5 Å². The molecular formula is C26H21ClF2N4O4. The van der Waals surface area contributed by atoms with Crippen LogP contribution in [-0.4, -0.2) is 32.7 Å². The van der Waals surface area contributed by atoms with Gasteiger partial charge in [0, 0.05) is 29.5 Å². The first-order valence-electron chi connectivity index (χ1n) is 10.7. The van der Waals surface area contributed by atoms with Gasteiger partial charge in [-0.2, -0.15) is 5.10 Å². The molecule has 0 aliphatic heterocycles. The minimum Gasteiger partial charge on any atom is -0.478 e. The highest BCUT2D eigenvalue weighted by atomic mass is 35.5. The van der Waals surface area contributed by atoms with Crippen LogP contribution in [-0.2, 0) is 7.05 Å². The van der Waals surface area contributed by atoms with Gasteiger partial charge in [-0.3, -0.25) is 14.3 Å². The number of anilines is 1. The first-order valence-corrected chi connectivity index (χ1v) is 11.1. The number of amides is 2. The van der Waals surface area contributed by atoms with E-state index in [0.717, 1.165) is 17.2 Å². The lowest BCUT2D eigenvalue weighted by molar-refractivity contribution is 0.0696. The van der Waals surface area contributed by atoms with Gasteiger partial charge in [0.15, 0.2) is 0 Å². The fraction of sp³-hybridized carbons (Fsp3) is 0.0769. The summed E-state index contributed by atoms with van der Waals surface area (Å²) in [6.45, 7) is 0. The molecule has 37 heavy (non-hydrogen) atoms. The number of hydrogen-bond acceptors (Lipinski definition) is 4. The van der Waals surface area contributed by atoms with E-state index in [1.165, 1.54) is 29.1 Å². The highest BCUT2D eigenvalue weighted by molar-refractivity contribution is 6.30. The smallest absolute Gasteiger partial charge is 0.335 e. The van der Waals surface area contributed by atoms with Gasteiger partial charge >= 0.3 is 5.97 Å². The zero-order chi connectivity index (χ0) is 27.1. The predicted molar refractivity (Wildman–Crippen MR) is 135 cm³/mol. The van der Waals surface area contributed by atoms with Gasteiger partial charge in [-0.15, -0.1) is 0 Å². The largest absolute Gasteiger partial charge is 0.478 e. The fourth-order valence-electron chi connectivity index (χ4n) is 3.29. The molecule has 0 saturated carbocycles. The lowest BCUT2D eigenvalue weighted by Crippen LogP contribution is -2.21. The monoisotopic (exact) mass is 526 g/mol. The normalized spacial score (nSPS) is 10.4. The van der Waals surface area contributed by atoms with Crippen LogP contribution in [0.2, 0.25) is 5.02 Å². The molecule has 0 bridgehead atoms. The number of aromatic carboxylic acids is 1. The summed E-state index contributed by atoms with van der Waals surface area (Å²) < 4.78 is 24.8. The molecule has 0 aliphatic rings. The number of aryl methyl sites for hydroxylation is 1. The van der Waals surface area contributed by atoms with Crippen molar-refractivity contribution < 1.29 is 28.3 Å². The summed E-state index contributed by atoms with van der Waals surface area (Å²) >= 11 is 5.93. The number of nitrogens with one attached hydrogen (secondary N) is 1. The molecule has 1 heterocycles. The summed E-state index contributed by atoms with van der Waals surface area (Å²) in [6, 6.07) is 19.2. The average molecular weight is 527 g/mol. The first-order chi connectivity index (χ1) is 17.6. The molecule has 0 atom stereocenters. The van der Waals surface area contributed by atoms with Crippen LogP contribution >= 0.6 is 11.6 Å². The number of nitrogens with two attached hydrogens (primary N) is 1. The third-order valence-electron chi connectivity index (χ3n) is 5.06. The van der Waals surface area contributed by atoms with Crippen LogP contribution in [0.25, 0.3) is 11.1 Å². The Labute approximate surface area is 215 Å². The summed E-state index contributed by atoms with van der Waals surface area (Å²) in [5.74, 6) is -2.69. The van der Waals surface area contributed by atoms with Gasteiger partial charge in [-0.1, -0.05) is 41.9 Å². The topological polar surface area (TPSA) is 127 Å². The van der Waals surface area contributed by atoms with E-state index in [0.29, 0.717) is 10.7 Å². The molecule has 11 heteroatoms. The van der Waals surface area contributed by atoms with Crippen molar-refractivity contribution in [1.82, 2.24) is 9.78 Å². The molecule has 4 aromatic rings. The number of halogens is 3. The minimum atomic E-state index is -2.45. The van der Waals surface area contributed by atoms with E-state index in [4.69, 9.17) is 22.4 Å². The molecule has 0 unspecified atom stereocenters. The molecule has 190 valence electrons. The number of carbonyl (C=O) groups excluding carboxylic acids is 2. The maximum atomic E-state index is 12.8. The fourth-order valence-corrected chi connectivity index (χ4v) is 3.42. The molecule has 0 spiro atoms. The summed E-state index contributed by atoms with van der Waals surface area (Å²) in [7, 11) is 1.60. The Hall–Kier alpha value is -4.57. The molecule has 0 aliphatic carbocycles. The second kappa shape index (κ2) is 11.9. The molecule has 4 N–H and O–H groups in total. The van der Waals surface area contributed by atoms with E-state index < -0.39 is 24.2 Å². The summed E-state index contributed by atoms with van der Waals surface area (Å²) in [6.07, 6.45) is -0.965. The van der Waals surface area contributed by atoms with Crippen molar-refractivity contribution in [3.8, 4) is 11.1 Å². The molecule has 8 nitrogen and oxygen atoms in total. The Morgan fingerprint density at radius 3 is 2.22 bits per heavy atom. The lowest BCUT2D eigenvalue weighted by Gasteiger charge is -2.13. The van der Waals surface area contributed by atoms with Crippen molar-refractivity contribution in [2.24, 2.45) is 12.8 Å². The summed E-state index contributed by atoms with van der Waals surface area (Å²) in [4.78, 5) is 35.6. The molecule has 2 amide bonds. The Balaban J connectivity index is 0.000000356. The molecule has 3 aromatic carbocycles. The first kappa shape index (κ1) is 27.0. The van der Waals surface area contributed by atoms with E-state index in [1.807, 2.05) is 24.3 Å². The van der Waals surface area contributed by atoms with Crippen LogP contribution in [0.15, 0.2) is 79.0 Å². The number of carbonyl (C=O) groups is 3. The van der Waals surface area contributed by atoms with E-state index in [1.54, 1.807) is 31.3 Å². The zero-order valence-corrected chi connectivity index (χ0v) is 20.1. The van der Waals surface area contributed by atoms with Gasteiger partial charge in [0.2, 0.25) is 5.91 Å². The number of alkyl halides is 2. The molecule has 0 radical (unpaired) electrons. The van der Waals surface area contributed by atoms with Gasteiger partial charge in [-0.25, -0.2) is 13.6 Å². The van der Waals surface area contributed by atoms with Crippen LogP contribution in [0, 0.1) is 0 Å². The van der Waals surface area contributed by atoms with Crippen molar-refractivity contribution >= 4 is 35.1 Å². The third-order valence-corrected chi connectivity index (χ3v) is 5.32. The number of carboxylic acids is 1. The van der Waals surface area contributed by atoms with Gasteiger partial charge < -0.3 is 16.2 Å². The highest BCUT2D eigenvalue weighted by Crippen LogP contribution is 2.29.